The first kappa shape index (κ1) is 19.6. The van der Waals surface area contributed by atoms with Crippen molar-refractivity contribution in [2.24, 2.45) is 0 Å². The summed E-state index contributed by atoms with van der Waals surface area (Å²) in [4.78, 5) is 16.0. The van der Waals surface area contributed by atoms with Gasteiger partial charge < -0.3 is 24.8 Å². The number of hydrogen-bond acceptors (Lipinski definition) is 4. The summed E-state index contributed by atoms with van der Waals surface area (Å²) < 4.78 is 2.13. The van der Waals surface area contributed by atoms with E-state index in [4.69, 9.17) is 9.59 Å². The van der Waals surface area contributed by atoms with Crippen LogP contribution in [-0.4, -0.2) is 37.8 Å². The van der Waals surface area contributed by atoms with Gasteiger partial charge in [0.05, 0.1) is 11.4 Å². The quantitative estimate of drug-likeness (QED) is 0.772. The lowest BCUT2D eigenvalue weighted by Crippen LogP contribution is -2.17. The van der Waals surface area contributed by atoms with Crippen molar-refractivity contribution in [1.29, 1.82) is 0 Å². The molecule has 2 rings (SSSR count). The van der Waals surface area contributed by atoms with E-state index in [-0.39, 0.29) is 1.43 Å². The Morgan fingerprint density at radius 2 is 1.64 bits per heavy atom. The van der Waals surface area contributed by atoms with Gasteiger partial charge in [-0.05, 0) is 43.8 Å². The molecule has 1 aromatic carbocycles. The first-order valence-corrected chi connectivity index (χ1v) is 7.16. The monoisotopic (exact) mass is 305 g/mol. The summed E-state index contributed by atoms with van der Waals surface area (Å²) in [5.41, 5.74) is 2.39. The molecular weight excluding hydrogens is 278 g/mol. The van der Waals surface area contributed by atoms with E-state index < -0.39 is 0 Å². The molecule has 122 valence electrons. The molecule has 0 unspecified atom stereocenters. The summed E-state index contributed by atoms with van der Waals surface area (Å²) >= 11 is 0. The van der Waals surface area contributed by atoms with Crippen LogP contribution in [0.3, 0.4) is 0 Å². The number of para-hydroxylation sites is 2. The number of aromatic nitrogens is 1. The van der Waals surface area contributed by atoms with Crippen molar-refractivity contribution in [2.75, 3.05) is 25.0 Å². The third-order valence-corrected chi connectivity index (χ3v) is 2.88. The molecule has 0 saturated heterocycles. The summed E-state index contributed by atoms with van der Waals surface area (Å²) in [6.45, 7) is 9.23. The van der Waals surface area contributed by atoms with Gasteiger partial charge in [0.2, 0.25) is 0 Å². The highest BCUT2D eigenvalue weighted by Crippen LogP contribution is 2.19. The number of benzene rings is 1. The zero-order valence-electron chi connectivity index (χ0n) is 13.1. The van der Waals surface area contributed by atoms with Crippen molar-refractivity contribution in [3.8, 4) is 5.69 Å². The molecule has 0 aliphatic rings. The summed E-state index contributed by atoms with van der Waals surface area (Å²) in [5.74, 6) is 0. The Morgan fingerprint density at radius 1 is 1.00 bits per heavy atom. The molecule has 0 saturated carbocycles. The van der Waals surface area contributed by atoms with Gasteiger partial charge in [0.15, 0.2) is 0 Å². The molecule has 0 spiro atoms. The number of nitrogens with one attached hydrogen (secondary N) is 2. The van der Waals surface area contributed by atoms with Crippen LogP contribution in [0.2, 0.25) is 0 Å². The van der Waals surface area contributed by atoms with Crippen LogP contribution in [0.4, 0.5) is 5.69 Å². The Bertz CT molecular complexity index is 490. The second-order valence-corrected chi connectivity index (χ2v) is 4.24. The van der Waals surface area contributed by atoms with Gasteiger partial charge in [0.1, 0.15) is 13.6 Å². The Labute approximate surface area is 133 Å². The zero-order chi connectivity index (χ0) is 16.6. The average molecular weight is 305 g/mol. The molecule has 22 heavy (non-hydrogen) atoms. The van der Waals surface area contributed by atoms with Gasteiger partial charge in [-0.1, -0.05) is 19.1 Å². The van der Waals surface area contributed by atoms with Crippen molar-refractivity contribution < 1.29 is 11.0 Å². The normalized spacial score (nSPS) is 8.95. The maximum Gasteiger partial charge on any atom is 0.106 e. The summed E-state index contributed by atoms with van der Waals surface area (Å²) in [6.07, 6.45) is 5.27. The molecule has 2 N–H and O–H groups in total. The Kier molecular flexibility index (Phi) is 12.1. The van der Waals surface area contributed by atoms with E-state index in [0.717, 1.165) is 26.1 Å². The predicted molar refractivity (Wildman–Crippen MR) is 93.8 cm³/mol. The lowest BCUT2D eigenvalue weighted by Gasteiger charge is -2.12. The highest BCUT2D eigenvalue weighted by atomic mass is 16.1. The smallest absolute Gasteiger partial charge is 0.106 e. The van der Waals surface area contributed by atoms with Gasteiger partial charge in [-0.3, -0.25) is 0 Å². The Balaban J connectivity index is 0. The van der Waals surface area contributed by atoms with Crippen molar-refractivity contribution in [3.05, 3.63) is 48.8 Å². The first-order valence-electron chi connectivity index (χ1n) is 7.16. The molecule has 1 heterocycles. The molecule has 0 aliphatic heterocycles. The van der Waals surface area contributed by atoms with Crippen LogP contribution < -0.4 is 10.6 Å². The van der Waals surface area contributed by atoms with Gasteiger partial charge >= 0.3 is 0 Å². The third-order valence-electron chi connectivity index (χ3n) is 2.88. The van der Waals surface area contributed by atoms with Crippen LogP contribution in [0, 0.1) is 0 Å². The third kappa shape index (κ3) is 6.85. The minimum Gasteiger partial charge on any atom is -0.383 e. The van der Waals surface area contributed by atoms with Gasteiger partial charge in [0.25, 0.3) is 0 Å². The van der Waals surface area contributed by atoms with Crippen LogP contribution in [0.25, 0.3) is 5.69 Å². The number of carbonyl (C=O) groups excluding carboxylic acids is 2. The van der Waals surface area contributed by atoms with Crippen molar-refractivity contribution >= 4 is 19.3 Å². The van der Waals surface area contributed by atoms with E-state index >= 15 is 0 Å². The van der Waals surface area contributed by atoms with Gasteiger partial charge in [-0.25, -0.2) is 0 Å². The summed E-state index contributed by atoms with van der Waals surface area (Å²) in [5, 5.41) is 6.83. The minimum atomic E-state index is 0. The molecule has 2 aromatic rings. The van der Waals surface area contributed by atoms with Crippen LogP contribution in [0.5, 0.6) is 0 Å². The molecule has 0 radical (unpaired) electrons. The van der Waals surface area contributed by atoms with Crippen molar-refractivity contribution in [3.63, 3.8) is 0 Å². The van der Waals surface area contributed by atoms with E-state index in [1.54, 1.807) is 0 Å². The fraction of sp³-hybridized carbons (Fsp3) is 0.294. The second-order valence-electron chi connectivity index (χ2n) is 4.24. The molecule has 5 nitrogen and oxygen atoms in total. The summed E-state index contributed by atoms with van der Waals surface area (Å²) in [7, 11) is 0. The Morgan fingerprint density at radius 3 is 2.27 bits per heavy atom. The van der Waals surface area contributed by atoms with Gasteiger partial charge in [0, 0.05) is 20.4 Å². The topological polar surface area (TPSA) is 63.1 Å². The fourth-order valence-electron chi connectivity index (χ4n) is 1.96. The van der Waals surface area contributed by atoms with Gasteiger partial charge in [-0.2, -0.15) is 0 Å². The first-order chi connectivity index (χ1) is 10.9. The van der Waals surface area contributed by atoms with Crippen LogP contribution in [0.1, 0.15) is 14.8 Å². The van der Waals surface area contributed by atoms with E-state index in [2.05, 4.69) is 58.8 Å². The highest BCUT2D eigenvalue weighted by molar-refractivity contribution is 5.61. The van der Waals surface area contributed by atoms with Gasteiger partial charge in [-0.15, -0.1) is 0 Å². The maximum absolute atomic E-state index is 8.00. The minimum absolute atomic E-state index is 0. The SMILES string of the molecule is C=O.C=O.CCNCCCNc1ccccc1-n1cccc1.[HH]. The molecule has 1 aromatic heterocycles. The van der Waals surface area contributed by atoms with Crippen molar-refractivity contribution in [1.82, 2.24) is 9.88 Å². The van der Waals surface area contributed by atoms with Crippen molar-refractivity contribution in [2.45, 2.75) is 13.3 Å². The lowest BCUT2D eigenvalue weighted by atomic mass is 10.2. The van der Waals surface area contributed by atoms with E-state index in [9.17, 15) is 0 Å². The average Bonchev–Trinajstić information content (AvgIpc) is 3.13. The summed E-state index contributed by atoms with van der Waals surface area (Å²) in [6, 6.07) is 12.5. The molecular formula is C17H27N3O2. The number of hydrogen-bond donors (Lipinski definition) is 2. The fourth-order valence-corrected chi connectivity index (χ4v) is 1.96. The standard InChI is InChI=1S/C15H21N3.2CH2O.H2/c1-2-16-10-7-11-17-14-8-3-4-9-15(14)18-12-5-6-13-18;2*1-2;/h3-6,8-9,12-13,16-17H,2,7,10-11H2,1H3;2*1H2;1H. The van der Waals surface area contributed by atoms with E-state index in [1.165, 1.54) is 11.4 Å². The predicted octanol–water partition coefficient (Wildman–Crippen LogP) is 2.76. The second kappa shape index (κ2) is 13.6. The Hall–Kier alpha value is -2.40. The number of nitrogens with zero attached hydrogens (tertiary/aromatic N) is 1. The zero-order valence-corrected chi connectivity index (χ0v) is 13.1. The van der Waals surface area contributed by atoms with Crippen LogP contribution in [0.15, 0.2) is 48.8 Å². The number of carbonyl (C=O) groups is 2. The van der Waals surface area contributed by atoms with E-state index in [0.29, 0.717) is 0 Å². The molecule has 0 aliphatic carbocycles. The molecule has 0 amide bonds. The van der Waals surface area contributed by atoms with E-state index in [1.807, 2.05) is 25.7 Å². The molecule has 0 fully saturated rings. The van der Waals surface area contributed by atoms with Crippen LogP contribution >= 0.6 is 0 Å². The maximum atomic E-state index is 8.00. The highest BCUT2D eigenvalue weighted by Gasteiger charge is 2.01. The van der Waals surface area contributed by atoms with Crippen LogP contribution in [-0.2, 0) is 9.59 Å². The molecule has 5 heteroatoms. The molecule has 0 bridgehead atoms. The number of rotatable bonds is 7. The molecule has 0 atom stereocenters. The lowest BCUT2D eigenvalue weighted by molar-refractivity contribution is -0.0987. The number of anilines is 1. The largest absolute Gasteiger partial charge is 0.383 e.